The van der Waals surface area contributed by atoms with Crippen molar-refractivity contribution in [2.45, 2.75) is 17.7 Å². The van der Waals surface area contributed by atoms with Crippen LogP contribution in [0.5, 0.6) is 0 Å². The number of esters is 1. The molecule has 4 N–H and O–H groups in total. The molecule has 28 heavy (non-hydrogen) atoms. The van der Waals surface area contributed by atoms with E-state index in [-0.39, 0.29) is 18.4 Å². The first-order valence-corrected chi connectivity index (χ1v) is 9.33. The number of rotatable bonds is 7. The number of hydrogen-bond donors (Lipinski definition) is 3. The molecule has 1 aromatic heterocycles. The normalized spacial score (nSPS) is 10.6. The molecule has 0 bridgehead atoms. The highest BCUT2D eigenvalue weighted by Crippen LogP contribution is 2.15. The monoisotopic (exact) mass is 398 g/mol. The van der Waals surface area contributed by atoms with Crippen molar-refractivity contribution < 1.29 is 14.3 Å². The Hall–Kier alpha value is -3.17. The predicted octanol–water partition coefficient (Wildman–Crippen LogP) is 2.00. The Balaban J connectivity index is 1.47. The fraction of sp³-hybridized carbons (Fsp3) is 0.158. The molecule has 2 aromatic carbocycles. The number of fused-ring (bicyclic) bond motifs is 1. The van der Waals surface area contributed by atoms with E-state index in [0.29, 0.717) is 22.4 Å². The molecular formula is C19H18N4O4S. The molecule has 0 saturated heterocycles. The van der Waals surface area contributed by atoms with E-state index in [0.717, 1.165) is 16.8 Å². The fourth-order valence-corrected chi connectivity index (χ4v) is 2.80. The number of benzene rings is 2. The molecule has 1 amide bonds. The van der Waals surface area contributed by atoms with Gasteiger partial charge in [0.25, 0.3) is 11.5 Å². The van der Waals surface area contributed by atoms with Crippen molar-refractivity contribution in [3.8, 4) is 0 Å². The van der Waals surface area contributed by atoms with Crippen molar-refractivity contribution in [1.29, 1.82) is 0 Å². The van der Waals surface area contributed by atoms with Gasteiger partial charge in [0.2, 0.25) is 0 Å². The molecular weight excluding hydrogens is 380 g/mol. The van der Waals surface area contributed by atoms with Crippen LogP contribution in [-0.4, -0.2) is 28.5 Å². The van der Waals surface area contributed by atoms with Crippen LogP contribution < -0.4 is 16.0 Å². The Morgan fingerprint density at radius 2 is 1.89 bits per heavy atom. The predicted molar refractivity (Wildman–Crippen MR) is 107 cm³/mol. The maximum Gasteiger partial charge on any atom is 0.306 e. The zero-order valence-electron chi connectivity index (χ0n) is 14.8. The Bertz CT molecular complexity index is 1050. The molecule has 0 radical (unpaired) electrons. The van der Waals surface area contributed by atoms with Gasteiger partial charge >= 0.3 is 5.97 Å². The van der Waals surface area contributed by atoms with E-state index < -0.39 is 18.5 Å². The zero-order valence-corrected chi connectivity index (χ0v) is 15.6. The highest BCUT2D eigenvalue weighted by atomic mass is 32.2. The summed E-state index contributed by atoms with van der Waals surface area (Å²) in [5.74, 6) is -0.609. The number of nitrogens with one attached hydrogen (secondary N) is 2. The third-order valence-corrected chi connectivity index (χ3v) is 4.41. The average molecular weight is 398 g/mol. The number of H-pyrrole nitrogens is 1. The van der Waals surface area contributed by atoms with Gasteiger partial charge < -0.3 is 15.0 Å². The van der Waals surface area contributed by atoms with Crippen LogP contribution in [-0.2, 0) is 20.7 Å². The lowest BCUT2D eigenvalue weighted by atomic mass is 10.2. The molecule has 144 valence electrons. The lowest BCUT2D eigenvalue weighted by molar-refractivity contribution is -0.147. The second-order valence-electron chi connectivity index (χ2n) is 5.88. The van der Waals surface area contributed by atoms with Gasteiger partial charge in [0.1, 0.15) is 5.82 Å². The summed E-state index contributed by atoms with van der Waals surface area (Å²) in [6, 6.07) is 13.9. The molecule has 3 rings (SSSR count). The second-order valence-corrected chi connectivity index (χ2v) is 6.59. The number of aromatic nitrogens is 2. The van der Waals surface area contributed by atoms with Crippen LogP contribution in [0.3, 0.4) is 0 Å². The number of nitrogens with zero attached hydrogens (tertiary/aromatic N) is 1. The number of nitrogens with two attached hydrogens (primary N) is 1. The summed E-state index contributed by atoms with van der Waals surface area (Å²) in [6.45, 7) is -0.395. The summed E-state index contributed by atoms with van der Waals surface area (Å²) in [7, 11) is 0. The number of hydrogen-bond acceptors (Lipinski definition) is 7. The van der Waals surface area contributed by atoms with Gasteiger partial charge in [-0.3, -0.25) is 19.5 Å². The number of carbonyl (C=O) groups excluding carboxylic acids is 2. The van der Waals surface area contributed by atoms with Gasteiger partial charge in [-0.2, -0.15) is 0 Å². The molecule has 0 atom stereocenters. The van der Waals surface area contributed by atoms with E-state index in [4.69, 9.17) is 9.88 Å². The third kappa shape index (κ3) is 5.18. The van der Waals surface area contributed by atoms with Crippen LogP contribution in [0.1, 0.15) is 12.2 Å². The number of aryl methyl sites for hydroxylation is 1. The summed E-state index contributed by atoms with van der Waals surface area (Å²) in [5, 5.41) is 8.55. The molecule has 0 unspecified atom stereocenters. The van der Waals surface area contributed by atoms with E-state index in [9.17, 15) is 14.4 Å². The SMILES string of the molecule is NSc1ccc(NC(=O)COC(=O)CCc2nc3ccccc3c(=O)[nH]2)cc1. The first-order valence-electron chi connectivity index (χ1n) is 8.45. The summed E-state index contributed by atoms with van der Waals surface area (Å²) >= 11 is 1.11. The first-order chi connectivity index (χ1) is 13.5. The molecule has 3 aromatic rings. The topological polar surface area (TPSA) is 127 Å². The van der Waals surface area contributed by atoms with Crippen LogP contribution in [0.4, 0.5) is 5.69 Å². The number of aromatic amines is 1. The van der Waals surface area contributed by atoms with Crippen molar-refractivity contribution in [2.24, 2.45) is 5.14 Å². The standard InChI is InChI=1S/C19H18N4O4S/c20-28-13-7-5-12(6-8-13)21-17(24)11-27-18(25)10-9-16-22-15-4-2-1-3-14(15)19(26)23-16/h1-8H,9-11,20H2,(H,21,24)(H,22,23,26). The highest BCUT2D eigenvalue weighted by Gasteiger charge is 2.10. The molecule has 0 aliphatic rings. The smallest absolute Gasteiger partial charge is 0.306 e. The Kier molecular flexibility index (Phi) is 6.41. The minimum absolute atomic E-state index is 0.00300. The Morgan fingerprint density at radius 1 is 1.14 bits per heavy atom. The summed E-state index contributed by atoms with van der Waals surface area (Å²) < 4.78 is 4.97. The van der Waals surface area contributed by atoms with E-state index in [2.05, 4.69) is 15.3 Å². The van der Waals surface area contributed by atoms with E-state index in [1.807, 2.05) is 0 Å². The first kappa shape index (κ1) is 19.6. The van der Waals surface area contributed by atoms with Gasteiger partial charge in [-0.1, -0.05) is 12.1 Å². The molecule has 8 nitrogen and oxygen atoms in total. The molecule has 0 saturated carbocycles. The molecule has 0 fully saturated rings. The van der Waals surface area contributed by atoms with Crippen LogP contribution in [0, 0.1) is 0 Å². The summed E-state index contributed by atoms with van der Waals surface area (Å²) in [5.41, 5.74) is 0.886. The maximum absolute atomic E-state index is 12.0. The maximum atomic E-state index is 12.0. The van der Waals surface area contributed by atoms with Crippen LogP contribution in [0.15, 0.2) is 58.2 Å². The van der Waals surface area contributed by atoms with Crippen molar-refractivity contribution in [2.75, 3.05) is 11.9 Å². The van der Waals surface area contributed by atoms with Crippen molar-refractivity contribution in [3.63, 3.8) is 0 Å². The number of ether oxygens (including phenoxy) is 1. The minimum Gasteiger partial charge on any atom is -0.456 e. The quantitative estimate of drug-likeness (QED) is 0.410. The number of amides is 1. The molecule has 1 heterocycles. The Morgan fingerprint density at radius 3 is 2.64 bits per heavy atom. The summed E-state index contributed by atoms with van der Waals surface area (Å²) in [6.07, 6.45) is 0.204. The third-order valence-electron chi connectivity index (χ3n) is 3.87. The van der Waals surface area contributed by atoms with Crippen molar-refractivity contribution in [3.05, 3.63) is 64.7 Å². The van der Waals surface area contributed by atoms with Gasteiger partial charge in [0, 0.05) is 17.0 Å². The van der Waals surface area contributed by atoms with E-state index >= 15 is 0 Å². The zero-order chi connectivity index (χ0) is 19.9. The molecule has 0 aliphatic carbocycles. The van der Waals surface area contributed by atoms with Gasteiger partial charge in [0.05, 0.1) is 17.3 Å². The van der Waals surface area contributed by atoms with Gasteiger partial charge in [0.15, 0.2) is 6.61 Å². The fourth-order valence-electron chi connectivity index (χ4n) is 2.51. The Labute approximate surface area is 164 Å². The minimum atomic E-state index is -0.555. The van der Waals surface area contributed by atoms with Crippen LogP contribution in [0.25, 0.3) is 10.9 Å². The van der Waals surface area contributed by atoms with Crippen LogP contribution in [0.2, 0.25) is 0 Å². The van der Waals surface area contributed by atoms with Gasteiger partial charge in [-0.15, -0.1) is 0 Å². The number of anilines is 1. The number of para-hydroxylation sites is 1. The van der Waals surface area contributed by atoms with Crippen molar-refractivity contribution in [1.82, 2.24) is 9.97 Å². The molecule has 0 aliphatic heterocycles. The molecule has 0 spiro atoms. The van der Waals surface area contributed by atoms with Crippen molar-refractivity contribution >= 4 is 40.4 Å². The largest absolute Gasteiger partial charge is 0.456 e. The second kappa shape index (κ2) is 9.16. The lowest BCUT2D eigenvalue weighted by Gasteiger charge is -2.07. The van der Waals surface area contributed by atoms with Crippen LogP contribution >= 0.6 is 11.9 Å². The van der Waals surface area contributed by atoms with E-state index in [1.54, 1.807) is 48.5 Å². The molecule has 9 heteroatoms. The summed E-state index contributed by atoms with van der Waals surface area (Å²) in [4.78, 5) is 43.6. The van der Waals surface area contributed by atoms with Gasteiger partial charge in [-0.05, 0) is 48.3 Å². The lowest BCUT2D eigenvalue weighted by Crippen LogP contribution is -2.21. The van der Waals surface area contributed by atoms with E-state index in [1.165, 1.54) is 0 Å². The van der Waals surface area contributed by atoms with Gasteiger partial charge in [-0.25, -0.2) is 4.98 Å². The average Bonchev–Trinajstić information content (AvgIpc) is 2.71. The number of carbonyl (C=O) groups is 2. The highest BCUT2D eigenvalue weighted by molar-refractivity contribution is 7.97.